The third kappa shape index (κ3) is 4.51. The number of benzene rings is 1. The highest BCUT2D eigenvalue weighted by Crippen LogP contribution is 2.34. The minimum atomic E-state index is -0.793. The molecule has 3 fully saturated rings. The van der Waals surface area contributed by atoms with Crippen LogP contribution >= 0.6 is 0 Å². The smallest absolute Gasteiger partial charge is 0.317 e. The molecule has 3 aliphatic rings. The van der Waals surface area contributed by atoms with E-state index in [-0.39, 0.29) is 42.3 Å². The number of hydrogen-bond donors (Lipinski definition) is 4. The van der Waals surface area contributed by atoms with E-state index in [1.54, 1.807) is 12.1 Å². The first-order valence-corrected chi connectivity index (χ1v) is 9.99. The zero-order valence-corrected chi connectivity index (χ0v) is 15.7. The molecular formula is C20H27FN4O3. The highest BCUT2D eigenvalue weighted by Gasteiger charge is 2.40. The summed E-state index contributed by atoms with van der Waals surface area (Å²) in [7, 11) is 0. The molecule has 1 aliphatic heterocycles. The van der Waals surface area contributed by atoms with E-state index >= 15 is 0 Å². The van der Waals surface area contributed by atoms with Gasteiger partial charge in [0.15, 0.2) is 0 Å². The maximum absolute atomic E-state index is 13.2. The lowest BCUT2D eigenvalue weighted by atomic mass is 9.84. The summed E-state index contributed by atoms with van der Waals surface area (Å²) >= 11 is 0. The Hall–Kier alpha value is -2.03. The maximum Gasteiger partial charge on any atom is 0.317 e. The average molecular weight is 390 g/mol. The van der Waals surface area contributed by atoms with Crippen molar-refractivity contribution >= 4 is 11.9 Å². The Morgan fingerprint density at radius 2 is 1.93 bits per heavy atom. The summed E-state index contributed by atoms with van der Waals surface area (Å²) in [5.41, 5.74) is 7.00. The monoisotopic (exact) mass is 390 g/mol. The molecule has 1 heterocycles. The van der Waals surface area contributed by atoms with E-state index < -0.39 is 5.97 Å². The largest absolute Gasteiger partial charge is 0.480 e. The number of rotatable bonds is 8. The van der Waals surface area contributed by atoms with E-state index in [4.69, 9.17) is 5.11 Å². The van der Waals surface area contributed by atoms with Crippen LogP contribution in [0.5, 0.6) is 0 Å². The van der Waals surface area contributed by atoms with Gasteiger partial charge in [-0.05, 0) is 49.3 Å². The van der Waals surface area contributed by atoms with Crippen molar-refractivity contribution in [3.8, 4) is 0 Å². The number of amides is 1. The first-order valence-electron chi connectivity index (χ1n) is 9.99. The summed E-state index contributed by atoms with van der Waals surface area (Å²) in [4.78, 5) is 26.0. The van der Waals surface area contributed by atoms with Crippen molar-refractivity contribution in [3.63, 3.8) is 0 Å². The van der Waals surface area contributed by atoms with Gasteiger partial charge >= 0.3 is 5.97 Å². The molecule has 1 amide bonds. The fourth-order valence-electron chi connectivity index (χ4n) is 4.19. The van der Waals surface area contributed by atoms with Gasteiger partial charge in [-0.25, -0.2) is 9.82 Å². The van der Waals surface area contributed by atoms with Crippen LogP contribution < -0.4 is 16.2 Å². The van der Waals surface area contributed by atoms with Crippen molar-refractivity contribution in [3.05, 3.63) is 35.6 Å². The minimum absolute atomic E-state index is 0.0257. The minimum Gasteiger partial charge on any atom is -0.480 e. The van der Waals surface area contributed by atoms with Gasteiger partial charge in [0.25, 0.3) is 0 Å². The molecule has 0 radical (unpaired) electrons. The molecule has 1 saturated heterocycles. The molecule has 152 valence electrons. The molecule has 28 heavy (non-hydrogen) atoms. The second kappa shape index (κ2) is 8.14. The topological polar surface area (TPSA) is 93.7 Å². The number of carbonyl (C=O) groups excluding carboxylic acids is 1. The highest BCUT2D eigenvalue weighted by atomic mass is 19.1. The highest BCUT2D eigenvalue weighted by molar-refractivity contribution is 5.80. The standard InChI is InChI=1S/C20H27FN4O3/c21-14-5-3-13(4-6-14)19-17(9-22-24-19)20(28)23-15-7-16(8-15)25(11-18(26)27)10-12-1-2-12/h3-6,12,15-17,19,22,24H,1-2,7-11H2,(H,23,28)(H,26,27). The normalized spacial score (nSPS) is 29.5. The van der Waals surface area contributed by atoms with Crippen molar-refractivity contribution in [1.82, 2.24) is 21.1 Å². The fraction of sp³-hybridized carbons (Fsp3) is 0.600. The molecule has 2 saturated carbocycles. The Morgan fingerprint density at radius 1 is 1.21 bits per heavy atom. The van der Waals surface area contributed by atoms with Gasteiger partial charge in [0, 0.05) is 25.2 Å². The number of nitrogens with one attached hydrogen (secondary N) is 3. The van der Waals surface area contributed by atoms with Crippen molar-refractivity contribution in [1.29, 1.82) is 0 Å². The summed E-state index contributed by atoms with van der Waals surface area (Å²) in [5.74, 6) is -0.750. The summed E-state index contributed by atoms with van der Waals surface area (Å²) in [5, 5.41) is 12.3. The molecule has 4 N–H and O–H groups in total. The number of hydrogen-bond acceptors (Lipinski definition) is 5. The SMILES string of the molecule is O=C(O)CN(CC1CC1)C1CC(NC(=O)C2CNNC2c2ccc(F)cc2)C1. The van der Waals surface area contributed by atoms with Crippen molar-refractivity contribution in [2.24, 2.45) is 11.8 Å². The van der Waals surface area contributed by atoms with Crippen LogP contribution in [0.15, 0.2) is 24.3 Å². The van der Waals surface area contributed by atoms with Crippen LogP contribution in [0.1, 0.15) is 37.3 Å². The van der Waals surface area contributed by atoms with Gasteiger partial charge in [-0.15, -0.1) is 0 Å². The Morgan fingerprint density at radius 3 is 2.57 bits per heavy atom. The van der Waals surface area contributed by atoms with Gasteiger partial charge in [-0.3, -0.25) is 19.9 Å². The molecule has 4 rings (SSSR count). The van der Waals surface area contributed by atoms with Crippen LogP contribution in [-0.4, -0.2) is 53.6 Å². The molecule has 2 aliphatic carbocycles. The third-order valence-electron chi connectivity index (χ3n) is 6.05. The van der Waals surface area contributed by atoms with E-state index in [1.807, 2.05) is 0 Å². The molecule has 2 unspecified atom stereocenters. The van der Waals surface area contributed by atoms with E-state index in [2.05, 4.69) is 21.1 Å². The number of hydrazine groups is 1. The van der Waals surface area contributed by atoms with E-state index in [0.29, 0.717) is 12.5 Å². The molecule has 0 spiro atoms. The molecule has 7 nitrogen and oxygen atoms in total. The van der Waals surface area contributed by atoms with Crippen LogP contribution in [0, 0.1) is 17.7 Å². The van der Waals surface area contributed by atoms with E-state index in [1.165, 1.54) is 25.0 Å². The van der Waals surface area contributed by atoms with Gasteiger partial charge in [0.1, 0.15) is 5.82 Å². The maximum atomic E-state index is 13.2. The number of carboxylic acid groups (broad SMARTS) is 1. The summed E-state index contributed by atoms with van der Waals surface area (Å²) in [6.45, 7) is 1.43. The van der Waals surface area contributed by atoms with Crippen molar-refractivity contribution in [2.45, 2.75) is 43.8 Å². The van der Waals surface area contributed by atoms with Gasteiger partial charge in [0.05, 0.1) is 18.5 Å². The number of aliphatic carboxylic acids is 1. The van der Waals surface area contributed by atoms with E-state index in [9.17, 15) is 14.0 Å². The third-order valence-corrected chi connectivity index (χ3v) is 6.05. The molecule has 1 aromatic rings. The second-order valence-electron chi connectivity index (χ2n) is 8.26. The van der Waals surface area contributed by atoms with Crippen molar-refractivity contribution < 1.29 is 19.1 Å². The predicted octanol–water partition coefficient (Wildman–Crippen LogP) is 1.03. The molecule has 0 aromatic heterocycles. The van der Waals surface area contributed by atoms with Crippen LogP contribution in [0.4, 0.5) is 4.39 Å². The lowest BCUT2D eigenvalue weighted by molar-refractivity contribution is -0.140. The number of carbonyl (C=O) groups is 2. The van der Waals surface area contributed by atoms with Crippen LogP contribution in [0.25, 0.3) is 0 Å². The first kappa shape index (κ1) is 19.3. The lowest BCUT2D eigenvalue weighted by Crippen LogP contribution is -2.56. The molecule has 1 aromatic carbocycles. The average Bonchev–Trinajstić information content (AvgIpc) is 3.29. The van der Waals surface area contributed by atoms with Gasteiger partial charge < -0.3 is 10.4 Å². The second-order valence-corrected chi connectivity index (χ2v) is 8.26. The van der Waals surface area contributed by atoms with Crippen LogP contribution in [-0.2, 0) is 9.59 Å². The Labute approximate surface area is 163 Å². The van der Waals surface area contributed by atoms with Gasteiger partial charge in [-0.1, -0.05) is 12.1 Å². The molecule has 2 atom stereocenters. The quantitative estimate of drug-likeness (QED) is 0.530. The Kier molecular flexibility index (Phi) is 5.61. The zero-order valence-electron chi connectivity index (χ0n) is 15.7. The van der Waals surface area contributed by atoms with E-state index in [0.717, 1.165) is 24.9 Å². The number of halogens is 1. The number of nitrogens with zero attached hydrogens (tertiary/aromatic N) is 1. The zero-order chi connectivity index (χ0) is 19.7. The fourth-order valence-corrected chi connectivity index (χ4v) is 4.19. The van der Waals surface area contributed by atoms with Crippen molar-refractivity contribution in [2.75, 3.05) is 19.6 Å². The van der Waals surface area contributed by atoms with Crippen LogP contribution in [0.3, 0.4) is 0 Å². The Bertz CT molecular complexity index is 719. The van der Waals surface area contributed by atoms with Gasteiger partial charge in [-0.2, -0.15) is 0 Å². The summed E-state index contributed by atoms with van der Waals surface area (Å²) < 4.78 is 13.2. The Balaban J connectivity index is 1.29. The predicted molar refractivity (Wildman–Crippen MR) is 101 cm³/mol. The summed E-state index contributed by atoms with van der Waals surface area (Å²) in [6.07, 6.45) is 3.96. The molecule has 8 heteroatoms. The molecular weight excluding hydrogens is 363 g/mol. The number of carboxylic acids is 1. The molecule has 0 bridgehead atoms. The first-order chi connectivity index (χ1) is 13.5. The lowest BCUT2D eigenvalue weighted by Gasteiger charge is -2.43. The summed E-state index contributed by atoms with van der Waals surface area (Å²) in [6, 6.07) is 6.31. The van der Waals surface area contributed by atoms with Gasteiger partial charge in [0.2, 0.25) is 5.91 Å². The van der Waals surface area contributed by atoms with Crippen LogP contribution in [0.2, 0.25) is 0 Å².